The van der Waals surface area contributed by atoms with E-state index in [2.05, 4.69) is 4.72 Å². The molecule has 1 aliphatic rings. The lowest BCUT2D eigenvalue weighted by Crippen LogP contribution is -2.27. The lowest BCUT2D eigenvalue weighted by molar-refractivity contribution is 0.0979. The molecule has 0 heterocycles. The van der Waals surface area contributed by atoms with Crippen LogP contribution >= 0.6 is 0 Å². The molecule has 6 heteroatoms. The van der Waals surface area contributed by atoms with Crippen LogP contribution in [0.1, 0.15) is 52.1 Å². The standard InChI is InChI=1S/C19H19NO4S/c1-12(2)9-10-20-25(23,24)13-7-8-16-17(11-13)19(22)15-6-4-3-5-14(15)18(16)21/h3-8,11-12,20H,9-10H2,1-2H3. The molecule has 0 atom stereocenters. The van der Waals surface area contributed by atoms with E-state index in [1.165, 1.54) is 18.2 Å². The first kappa shape index (κ1) is 17.5. The maximum atomic E-state index is 12.7. The Morgan fingerprint density at radius 1 is 0.880 bits per heavy atom. The zero-order chi connectivity index (χ0) is 18.2. The van der Waals surface area contributed by atoms with Gasteiger partial charge in [0.1, 0.15) is 0 Å². The van der Waals surface area contributed by atoms with Gasteiger partial charge in [0.25, 0.3) is 0 Å². The fourth-order valence-electron chi connectivity index (χ4n) is 2.81. The van der Waals surface area contributed by atoms with Gasteiger partial charge in [0, 0.05) is 28.8 Å². The van der Waals surface area contributed by atoms with Gasteiger partial charge in [0.15, 0.2) is 11.6 Å². The molecular weight excluding hydrogens is 338 g/mol. The first-order valence-electron chi connectivity index (χ1n) is 8.13. The Morgan fingerprint density at radius 2 is 1.44 bits per heavy atom. The highest BCUT2D eigenvalue weighted by atomic mass is 32.2. The van der Waals surface area contributed by atoms with E-state index in [0.29, 0.717) is 23.6 Å². The smallest absolute Gasteiger partial charge is 0.240 e. The zero-order valence-corrected chi connectivity index (χ0v) is 14.9. The van der Waals surface area contributed by atoms with E-state index >= 15 is 0 Å². The van der Waals surface area contributed by atoms with Crippen molar-refractivity contribution in [3.05, 3.63) is 64.7 Å². The first-order chi connectivity index (χ1) is 11.8. The third-order valence-electron chi connectivity index (χ3n) is 4.22. The Bertz CT molecular complexity index is 961. The molecule has 3 rings (SSSR count). The van der Waals surface area contributed by atoms with E-state index in [0.717, 1.165) is 6.42 Å². The van der Waals surface area contributed by atoms with Crippen LogP contribution in [0.25, 0.3) is 0 Å². The van der Waals surface area contributed by atoms with Crippen LogP contribution < -0.4 is 4.72 Å². The number of nitrogens with one attached hydrogen (secondary N) is 1. The minimum atomic E-state index is -3.72. The van der Waals surface area contributed by atoms with Crippen molar-refractivity contribution in [2.45, 2.75) is 25.2 Å². The van der Waals surface area contributed by atoms with Crippen LogP contribution in [0.4, 0.5) is 0 Å². The Hall–Kier alpha value is -2.31. The number of fused-ring (bicyclic) bond motifs is 2. The number of hydrogen-bond acceptors (Lipinski definition) is 4. The summed E-state index contributed by atoms with van der Waals surface area (Å²) < 4.78 is 27.4. The third kappa shape index (κ3) is 3.27. The summed E-state index contributed by atoms with van der Waals surface area (Å²) in [7, 11) is -3.72. The van der Waals surface area contributed by atoms with Crippen LogP contribution in [0.3, 0.4) is 0 Å². The van der Waals surface area contributed by atoms with E-state index in [9.17, 15) is 18.0 Å². The number of hydrogen-bond donors (Lipinski definition) is 1. The summed E-state index contributed by atoms with van der Waals surface area (Å²) in [6.07, 6.45) is 0.717. The van der Waals surface area contributed by atoms with Gasteiger partial charge in [0.05, 0.1) is 4.90 Å². The van der Waals surface area contributed by atoms with Crippen molar-refractivity contribution >= 4 is 21.6 Å². The first-order valence-corrected chi connectivity index (χ1v) is 9.61. The van der Waals surface area contributed by atoms with Crippen LogP contribution in [0.2, 0.25) is 0 Å². The average Bonchev–Trinajstić information content (AvgIpc) is 2.58. The molecule has 0 unspecified atom stereocenters. The second-order valence-corrected chi connectivity index (χ2v) is 8.26. The Morgan fingerprint density at radius 3 is 2.04 bits per heavy atom. The maximum absolute atomic E-state index is 12.7. The largest absolute Gasteiger partial charge is 0.289 e. The number of ketones is 2. The minimum absolute atomic E-state index is 0.00413. The van der Waals surface area contributed by atoms with Crippen molar-refractivity contribution in [1.29, 1.82) is 0 Å². The summed E-state index contributed by atoms with van der Waals surface area (Å²) in [6.45, 7) is 4.34. The monoisotopic (exact) mass is 357 g/mol. The van der Waals surface area contributed by atoms with Gasteiger partial charge in [-0.25, -0.2) is 13.1 Å². The molecule has 5 nitrogen and oxygen atoms in total. The highest BCUT2D eigenvalue weighted by Gasteiger charge is 2.30. The molecule has 0 aromatic heterocycles. The quantitative estimate of drug-likeness (QED) is 0.761. The second kappa shape index (κ2) is 6.54. The number of carbonyl (C=O) groups excluding carboxylic acids is 2. The molecule has 0 radical (unpaired) electrons. The molecule has 0 aliphatic heterocycles. The van der Waals surface area contributed by atoms with Gasteiger partial charge in [-0.3, -0.25) is 9.59 Å². The van der Waals surface area contributed by atoms with E-state index < -0.39 is 10.0 Å². The van der Waals surface area contributed by atoms with E-state index in [4.69, 9.17) is 0 Å². The van der Waals surface area contributed by atoms with Gasteiger partial charge >= 0.3 is 0 Å². The molecule has 0 amide bonds. The molecule has 2 aromatic carbocycles. The predicted octanol–water partition coefficient (Wildman–Crippen LogP) is 2.79. The van der Waals surface area contributed by atoms with Crippen LogP contribution in [-0.2, 0) is 10.0 Å². The van der Waals surface area contributed by atoms with Crippen LogP contribution in [0.15, 0.2) is 47.4 Å². The van der Waals surface area contributed by atoms with Gasteiger partial charge in [-0.1, -0.05) is 38.1 Å². The Kier molecular flexibility index (Phi) is 4.58. The molecule has 0 saturated carbocycles. The van der Waals surface area contributed by atoms with Crippen LogP contribution in [0.5, 0.6) is 0 Å². The van der Waals surface area contributed by atoms with Crippen molar-refractivity contribution in [2.75, 3.05) is 6.54 Å². The summed E-state index contributed by atoms with van der Waals surface area (Å²) in [5.74, 6) is -0.215. The highest BCUT2D eigenvalue weighted by molar-refractivity contribution is 7.89. The van der Waals surface area contributed by atoms with Gasteiger partial charge in [-0.2, -0.15) is 0 Å². The third-order valence-corrected chi connectivity index (χ3v) is 5.68. The van der Waals surface area contributed by atoms with Gasteiger partial charge < -0.3 is 0 Å². The van der Waals surface area contributed by atoms with Crippen molar-refractivity contribution in [3.8, 4) is 0 Å². The maximum Gasteiger partial charge on any atom is 0.240 e. The zero-order valence-electron chi connectivity index (χ0n) is 14.1. The molecular formula is C19H19NO4S. The topological polar surface area (TPSA) is 80.3 Å². The molecule has 0 spiro atoms. The minimum Gasteiger partial charge on any atom is -0.289 e. The lowest BCUT2D eigenvalue weighted by atomic mass is 9.84. The molecule has 0 bridgehead atoms. The van der Waals surface area contributed by atoms with E-state index in [-0.39, 0.29) is 27.6 Å². The average molecular weight is 357 g/mol. The summed E-state index contributed by atoms with van der Waals surface area (Å²) in [6, 6.07) is 10.7. The number of rotatable bonds is 5. The van der Waals surface area contributed by atoms with Crippen LogP contribution in [-0.4, -0.2) is 26.5 Å². The molecule has 1 aliphatic carbocycles. The number of sulfonamides is 1. The van der Waals surface area contributed by atoms with Crippen molar-refractivity contribution in [3.63, 3.8) is 0 Å². The normalized spacial score (nSPS) is 13.7. The van der Waals surface area contributed by atoms with Crippen molar-refractivity contribution in [2.24, 2.45) is 5.92 Å². The molecule has 2 aromatic rings. The molecule has 130 valence electrons. The van der Waals surface area contributed by atoms with Gasteiger partial charge in [-0.05, 0) is 30.5 Å². The fraction of sp³-hybridized carbons (Fsp3) is 0.263. The van der Waals surface area contributed by atoms with Crippen molar-refractivity contribution < 1.29 is 18.0 Å². The van der Waals surface area contributed by atoms with Gasteiger partial charge in [0.2, 0.25) is 10.0 Å². The Balaban J connectivity index is 1.97. The van der Waals surface area contributed by atoms with E-state index in [1.807, 2.05) is 13.8 Å². The number of carbonyl (C=O) groups is 2. The summed E-state index contributed by atoms with van der Waals surface area (Å²) >= 11 is 0. The fourth-order valence-corrected chi connectivity index (χ4v) is 3.88. The highest BCUT2D eigenvalue weighted by Crippen LogP contribution is 2.28. The molecule has 0 fully saturated rings. The molecule has 1 N–H and O–H groups in total. The predicted molar refractivity (Wildman–Crippen MR) is 94.4 cm³/mol. The van der Waals surface area contributed by atoms with E-state index in [1.54, 1.807) is 24.3 Å². The Labute approximate surface area is 147 Å². The second-order valence-electron chi connectivity index (χ2n) is 6.49. The number of benzene rings is 2. The van der Waals surface area contributed by atoms with Crippen LogP contribution in [0, 0.1) is 5.92 Å². The molecule has 25 heavy (non-hydrogen) atoms. The summed E-state index contributed by atoms with van der Waals surface area (Å²) in [4.78, 5) is 25.2. The summed E-state index contributed by atoms with van der Waals surface area (Å²) in [5, 5.41) is 0. The lowest BCUT2D eigenvalue weighted by Gasteiger charge is -2.18. The van der Waals surface area contributed by atoms with Crippen molar-refractivity contribution in [1.82, 2.24) is 4.72 Å². The SMILES string of the molecule is CC(C)CCNS(=O)(=O)c1ccc2c(c1)C(=O)c1ccccc1C2=O. The van der Waals surface area contributed by atoms with Gasteiger partial charge in [-0.15, -0.1) is 0 Å². The molecule has 0 saturated heterocycles. The summed E-state index contributed by atoms with van der Waals surface area (Å²) in [5.41, 5.74) is 1.04.